The molecule has 4 aromatic rings. The first-order valence-corrected chi connectivity index (χ1v) is 9.46. The lowest BCUT2D eigenvalue weighted by molar-refractivity contribution is 0.440. The van der Waals surface area contributed by atoms with Gasteiger partial charge in [-0.3, -0.25) is 0 Å². The summed E-state index contributed by atoms with van der Waals surface area (Å²) in [5.41, 5.74) is 0.543. The van der Waals surface area contributed by atoms with Gasteiger partial charge in [0.15, 0.2) is 0 Å². The van der Waals surface area contributed by atoms with Crippen LogP contribution in [0.2, 0.25) is 0 Å². The monoisotopic (exact) mass is 404 g/mol. The molecule has 31 heavy (non-hydrogen) atoms. The van der Waals surface area contributed by atoms with Gasteiger partial charge in [0.05, 0.1) is 11.1 Å². The number of para-hydroxylation sites is 2. The van der Waals surface area contributed by atoms with Gasteiger partial charge in [0, 0.05) is 18.2 Å². The van der Waals surface area contributed by atoms with Crippen LogP contribution in [-0.4, -0.2) is 0 Å². The van der Waals surface area contributed by atoms with Gasteiger partial charge < -0.3 is 14.2 Å². The van der Waals surface area contributed by atoms with Gasteiger partial charge in [-0.2, -0.15) is 10.5 Å². The molecule has 0 aliphatic heterocycles. The van der Waals surface area contributed by atoms with Gasteiger partial charge in [-0.1, -0.05) is 36.4 Å². The van der Waals surface area contributed by atoms with Gasteiger partial charge in [0.1, 0.15) is 46.6 Å². The van der Waals surface area contributed by atoms with Crippen LogP contribution in [0, 0.1) is 22.7 Å². The first-order chi connectivity index (χ1) is 15.2. The highest BCUT2D eigenvalue weighted by atomic mass is 16.5. The van der Waals surface area contributed by atoms with E-state index in [4.69, 9.17) is 19.5 Å². The molecule has 148 valence electrons. The average molecular weight is 404 g/mol. The van der Waals surface area contributed by atoms with Crippen molar-refractivity contribution in [3.63, 3.8) is 0 Å². The molecule has 0 aromatic heterocycles. The lowest BCUT2D eigenvalue weighted by Crippen LogP contribution is -1.92. The van der Waals surface area contributed by atoms with E-state index in [9.17, 15) is 5.26 Å². The molecule has 0 saturated heterocycles. The van der Waals surface area contributed by atoms with E-state index < -0.39 is 0 Å². The van der Waals surface area contributed by atoms with Crippen molar-refractivity contribution in [2.24, 2.45) is 0 Å². The number of hydrogen-bond acceptors (Lipinski definition) is 5. The van der Waals surface area contributed by atoms with E-state index in [1.807, 2.05) is 72.8 Å². The molecule has 0 radical (unpaired) electrons. The summed E-state index contributed by atoms with van der Waals surface area (Å²) >= 11 is 0. The van der Waals surface area contributed by atoms with Crippen LogP contribution >= 0.6 is 0 Å². The minimum absolute atomic E-state index is 0.248. The van der Waals surface area contributed by atoms with Crippen molar-refractivity contribution in [2.45, 2.75) is 0 Å². The molecule has 5 nitrogen and oxygen atoms in total. The van der Waals surface area contributed by atoms with Crippen LogP contribution in [-0.2, 0) is 0 Å². The topological polar surface area (TPSA) is 75.3 Å². The van der Waals surface area contributed by atoms with Crippen molar-refractivity contribution in [1.82, 2.24) is 0 Å². The molecule has 0 fully saturated rings. The summed E-state index contributed by atoms with van der Waals surface area (Å²) in [7, 11) is 0. The van der Waals surface area contributed by atoms with Crippen LogP contribution in [0.25, 0.3) is 0 Å². The Morgan fingerprint density at radius 3 is 1.32 bits per heavy atom. The molecule has 0 saturated carbocycles. The van der Waals surface area contributed by atoms with Crippen molar-refractivity contribution in [3.05, 3.63) is 108 Å². The molecular weight excluding hydrogens is 388 g/mol. The zero-order valence-electron chi connectivity index (χ0n) is 16.4. The minimum Gasteiger partial charge on any atom is -0.457 e. The van der Waals surface area contributed by atoms with E-state index in [1.165, 1.54) is 6.07 Å². The van der Waals surface area contributed by atoms with E-state index in [0.717, 1.165) is 0 Å². The molecule has 4 rings (SSSR count). The third kappa shape index (κ3) is 5.00. The number of nitriles is 2. The number of benzene rings is 4. The van der Waals surface area contributed by atoms with Crippen molar-refractivity contribution < 1.29 is 14.2 Å². The van der Waals surface area contributed by atoms with Gasteiger partial charge in [0.2, 0.25) is 0 Å². The maximum Gasteiger partial charge on any atom is 0.134 e. The summed E-state index contributed by atoms with van der Waals surface area (Å²) in [5.74, 6) is 3.31. The van der Waals surface area contributed by atoms with Gasteiger partial charge in [-0.25, -0.2) is 0 Å². The predicted octanol–water partition coefficient (Wildman–Crippen LogP) is 6.81. The second kappa shape index (κ2) is 9.17. The predicted molar refractivity (Wildman–Crippen MR) is 115 cm³/mol. The van der Waals surface area contributed by atoms with E-state index in [1.54, 1.807) is 30.3 Å². The maximum absolute atomic E-state index is 9.26. The lowest BCUT2D eigenvalue weighted by Gasteiger charge is -2.13. The van der Waals surface area contributed by atoms with Crippen molar-refractivity contribution in [3.8, 4) is 46.6 Å². The summed E-state index contributed by atoms with van der Waals surface area (Å²) in [5, 5.41) is 18.4. The molecule has 0 amide bonds. The minimum atomic E-state index is 0.248. The van der Waals surface area contributed by atoms with Crippen molar-refractivity contribution in [2.75, 3.05) is 0 Å². The summed E-state index contributed by atoms with van der Waals surface area (Å²) in [6.07, 6.45) is 0. The van der Waals surface area contributed by atoms with Crippen LogP contribution in [0.15, 0.2) is 97.1 Å². The van der Waals surface area contributed by atoms with Crippen molar-refractivity contribution in [1.29, 1.82) is 10.5 Å². The quantitative estimate of drug-likeness (QED) is 0.353. The van der Waals surface area contributed by atoms with Crippen LogP contribution in [0.3, 0.4) is 0 Å². The molecule has 0 aliphatic carbocycles. The molecule has 0 aliphatic rings. The van der Waals surface area contributed by atoms with E-state index in [0.29, 0.717) is 40.1 Å². The van der Waals surface area contributed by atoms with E-state index >= 15 is 0 Å². The number of nitrogens with zero attached hydrogens (tertiary/aromatic N) is 2. The molecule has 0 spiro atoms. The summed E-state index contributed by atoms with van der Waals surface area (Å²) in [4.78, 5) is 0. The van der Waals surface area contributed by atoms with E-state index in [2.05, 4.69) is 0 Å². The lowest BCUT2D eigenvalue weighted by atomic mass is 10.1. The third-order valence-corrected chi connectivity index (χ3v) is 4.28. The normalized spacial score (nSPS) is 9.87. The summed E-state index contributed by atoms with van der Waals surface area (Å²) < 4.78 is 17.9. The Balaban J connectivity index is 1.67. The van der Waals surface area contributed by atoms with Crippen LogP contribution < -0.4 is 14.2 Å². The second-order valence-electron chi connectivity index (χ2n) is 6.50. The van der Waals surface area contributed by atoms with Gasteiger partial charge in [-0.15, -0.1) is 0 Å². The number of ether oxygens (including phenoxy) is 3. The summed E-state index contributed by atoms with van der Waals surface area (Å²) in [6, 6.07) is 32.7. The Morgan fingerprint density at radius 1 is 0.419 bits per heavy atom. The molecule has 0 N–H and O–H groups in total. The Hall–Kier alpha value is -4.74. The first kappa shape index (κ1) is 19.6. The number of rotatable bonds is 6. The molecular formula is C26H16N2O3. The Bertz CT molecular complexity index is 1210. The molecule has 5 heteroatoms. The zero-order chi connectivity index (χ0) is 21.5. The Kier molecular flexibility index (Phi) is 5.79. The average Bonchev–Trinajstić information content (AvgIpc) is 2.80. The largest absolute Gasteiger partial charge is 0.457 e. The fourth-order valence-corrected chi connectivity index (χ4v) is 2.88. The highest BCUT2D eigenvalue weighted by Crippen LogP contribution is 2.35. The summed E-state index contributed by atoms with van der Waals surface area (Å²) in [6.45, 7) is 0. The standard InChI is InChI=1S/C26H16N2O3/c27-17-19-11-12-23(13-20(19)18-28)31-26-15-24(29-21-7-3-1-4-8-21)14-25(16-26)30-22-9-5-2-6-10-22/h1-16H. The SMILES string of the molecule is N#Cc1ccc(Oc2cc(Oc3ccccc3)cc(Oc3ccccc3)c2)cc1C#N. The Morgan fingerprint density at radius 2 is 0.871 bits per heavy atom. The van der Waals surface area contributed by atoms with Crippen molar-refractivity contribution >= 4 is 0 Å². The second-order valence-corrected chi connectivity index (χ2v) is 6.50. The van der Waals surface area contributed by atoms with E-state index in [-0.39, 0.29) is 5.56 Å². The third-order valence-electron chi connectivity index (χ3n) is 4.28. The molecule has 0 heterocycles. The molecule has 0 atom stereocenters. The first-order valence-electron chi connectivity index (χ1n) is 9.46. The van der Waals surface area contributed by atoms with Gasteiger partial charge in [0.25, 0.3) is 0 Å². The fraction of sp³-hybridized carbons (Fsp3) is 0. The van der Waals surface area contributed by atoms with Gasteiger partial charge in [-0.05, 0) is 42.5 Å². The van der Waals surface area contributed by atoms with Crippen LogP contribution in [0.1, 0.15) is 11.1 Å². The van der Waals surface area contributed by atoms with Crippen LogP contribution in [0.5, 0.6) is 34.5 Å². The maximum atomic E-state index is 9.26. The Labute approximate surface area is 179 Å². The zero-order valence-corrected chi connectivity index (χ0v) is 16.4. The fourth-order valence-electron chi connectivity index (χ4n) is 2.88. The van der Waals surface area contributed by atoms with Gasteiger partial charge >= 0.3 is 0 Å². The molecule has 0 unspecified atom stereocenters. The highest BCUT2D eigenvalue weighted by Gasteiger charge is 2.10. The molecule has 4 aromatic carbocycles. The number of hydrogen-bond donors (Lipinski definition) is 0. The molecule has 0 bridgehead atoms. The smallest absolute Gasteiger partial charge is 0.134 e. The highest BCUT2D eigenvalue weighted by molar-refractivity contribution is 5.51. The van der Waals surface area contributed by atoms with Crippen LogP contribution in [0.4, 0.5) is 0 Å².